The number of amides is 1. The summed E-state index contributed by atoms with van der Waals surface area (Å²) in [5, 5.41) is 13.4. The van der Waals surface area contributed by atoms with Gasteiger partial charge >= 0.3 is 5.97 Å². The Morgan fingerprint density at radius 3 is 2.70 bits per heavy atom. The number of carbonyl (C=O) groups excluding carboxylic acids is 2. The molecular weight excluding hydrogens is 302 g/mol. The van der Waals surface area contributed by atoms with Gasteiger partial charge < -0.3 is 15.8 Å². The van der Waals surface area contributed by atoms with Crippen LogP contribution in [0.25, 0.3) is 0 Å². The van der Waals surface area contributed by atoms with Crippen molar-refractivity contribution in [1.82, 2.24) is 5.32 Å². The normalized spacial score (nSPS) is 10.1. The number of nitrogen functional groups attached to an aromatic ring is 1. The first-order valence-corrected chi connectivity index (χ1v) is 7.43. The molecule has 0 radical (unpaired) electrons. The minimum Gasteiger partial charge on any atom is -0.452 e. The first kappa shape index (κ1) is 18.4. The van der Waals surface area contributed by atoms with Crippen molar-refractivity contribution in [1.29, 1.82) is 0 Å². The van der Waals surface area contributed by atoms with Crippen LogP contribution in [0.4, 0.5) is 11.4 Å². The number of nitro groups is 1. The minimum absolute atomic E-state index is 0.0263. The van der Waals surface area contributed by atoms with E-state index in [4.69, 9.17) is 10.5 Å². The molecule has 3 N–H and O–H groups in total. The van der Waals surface area contributed by atoms with Crippen molar-refractivity contribution in [2.45, 2.75) is 32.6 Å². The lowest BCUT2D eigenvalue weighted by molar-refractivity contribution is -0.383. The number of nitrogens with two attached hydrogens (primary N) is 1. The average molecular weight is 323 g/mol. The summed E-state index contributed by atoms with van der Waals surface area (Å²) in [6, 6.07) is 3.59. The van der Waals surface area contributed by atoms with Gasteiger partial charge in [0.25, 0.3) is 11.6 Å². The molecule has 1 aromatic carbocycles. The Morgan fingerprint density at radius 2 is 2.04 bits per heavy atom. The molecule has 0 spiro atoms. The number of hydrogen-bond acceptors (Lipinski definition) is 6. The molecule has 0 aliphatic heterocycles. The van der Waals surface area contributed by atoms with Crippen LogP contribution in [-0.4, -0.2) is 30.0 Å². The third-order valence-corrected chi connectivity index (χ3v) is 3.15. The average Bonchev–Trinajstić information content (AvgIpc) is 2.52. The molecule has 0 bridgehead atoms. The van der Waals surface area contributed by atoms with Gasteiger partial charge in [0.1, 0.15) is 5.69 Å². The zero-order valence-electron chi connectivity index (χ0n) is 13.0. The number of hydrogen-bond donors (Lipinski definition) is 2. The second-order valence-electron chi connectivity index (χ2n) is 5.02. The third-order valence-electron chi connectivity index (χ3n) is 3.15. The molecule has 0 heterocycles. The van der Waals surface area contributed by atoms with Crippen LogP contribution in [0.5, 0.6) is 0 Å². The van der Waals surface area contributed by atoms with Crippen LogP contribution in [0.3, 0.4) is 0 Å². The largest absolute Gasteiger partial charge is 0.452 e. The predicted octanol–water partition coefficient (Wildman–Crippen LogP) is 2.03. The van der Waals surface area contributed by atoms with Gasteiger partial charge in [0.05, 0.1) is 10.5 Å². The van der Waals surface area contributed by atoms with E-state index in [9.17, 15) is 19.7 Å². The van der Waals surface area contributed by atoms with E-state index >= 15 is 0 Å². The van der Waals surface area contributed by atoms with Gasteiger partial charge in [0, 0.05) is 12.6 Å². The van der Waals surface area contributed by atoms with Crippen LogP contribution in [0, 0.1) is 10.1 Å². The Bertz CT molecular complexity index is 574. The van der Waals surface area contributed by atoms with Crippen LogP contribution >= 0.6 is 0 Å². The van der Waals surface area contributed by atoms with Gasteiger partial charge in [-0.2, -0.15) is 0 Å². The van der Waals surface area contributed by atoms with Crippen LogP contribution < -0.4 is 11.1 Å². The van der Waals surface area contributed by atoms with Gasteiger partial charge in [0.2, 0.25) is 0 Å². The fraction of sp³-hybridized carbons (Fsp3) is 0.467. The maximum absolute atomic E-state index is 11.8. The summed E-state index contributed by atoms with van der Waals surface area (Å²) >= 11 is 0. The fourth-order valence-electron chi connectivity index (χ4n) is 1.87. The van der Waals surface area contributed by atoms with Crippen molar-refractivity contribution in [2.75, 3.05) is 18.9 Å². The van der Waals surface area contributed by atoms with Crippen molar-refractivity contribution < 1.29 is 19.2 Å². The summed E-state index contributed by atoms with van der Waals surface area (Å²) < 4.78 is 4.83. The SMILES string of the molecule is CCCCCCNC(=O)COC(=O)c1ccc(N)c([N+](=O)[O-])c1. The summed E-state index contributed by atoms with van der Waals surface area (Å²) in [6.45, 7) is 2.20. The molecule has 0 aliphatic carbocycles. The highest BCUT2D eigenvalue weighted by molar-refractivity contribution is 5.92. The number of nitro benzene ring substituents is 1. The standard InChI is InChI=1S/C15H21N3O5/c1-2-3-4-5-8-17-14(19)10-23-15(20)11-6-7-12(16)13(9-11)18(21)22/h6-7,9H,2-5,8,10,16H2,1H3,(H,17,19). The molecule has 0 saturated carbocycles. The number of benzene rings is 1. The van der Waals surface area contributed by atoms with E-state index in [0.717, 1.165) is 31.7 Å². The highest BCUT2D eigenvalue weighted by Gasteiger charge is 2.17. The molecule has 0 atom stereocenters. The van der Waals surface area contributed by atoms with Gasteiger partial charge in [-0.3, -0.25) is 14.9 Å². The number of rotatable bonds is 9. The van der Waals surface area contributed by atoms with E-state index < -0.39 is 23.4 Å². The lowest BCUT2D eigenvalue weighted by Crippen LogP contribution is -2.29. The summed E-state index contributed by atoms with van der Waals surface area (Å²) in [5.74, 6) is -1.21. The topological polar surface area (TPSA) is 125 Å². The first-order valence-electron chi connectivity index (χ1n) is 7.43. The highest BCUT2D eigenvalue weighted by Crippen LogP contribution is 2.22. The van der Waals surface area contributed by atoms with Crippen LogP contribution in [0.1, 0.15) is 43.0 Å². The summed E-state index contributed by atoms with van der Waals surface area (Å²) in [6.07, 6.45) is 4.13. The smallest absolute Gasteiger partial charge is 0.338 e. The Balaban J connectivity index is 2.43. The van der Waals surface area contributed by atoms with Crippen molar-refractivity contribution in [3.63, 3.8) is 0 Å². The van der Waals surface area contributed by atoms with Crippen molar-refractivity contribution in [3.05, 3.63) is 33.9 Å². The van der Waals surface area contributed by atoms with Crippen molar-refractivity contribution in [2.24, 2.45) is 0 Å². The van der Waals surface area contributed by atoms with Gasteiger partial charge in [-0.1, -0.05) is 26.2 Å². The predicted molar refractivity (Wildman–Crippen MR) is 84.9 cm³/mol. The van der Waals surface area contributed by atoms with Crippen LogP contribution in [0.15, 0.2) is 18.2 Å². The second-order valence-corrected chi connectivity index (χ2v) is 5.02. The molecule has 0 aliphatic rings. The summed E-state index contributed by atoms with van der Waals surface area (Å²) in [7, 11) is 0. The summed E-state index contributed by atoms with van der Waals surface area (Å²) in [4.78, 5) is 33.4. The second kappa shape index (κ2) is 9.39. The van der Waals surface area contributed by atoms with Crippen molar-refractivity contribution >= 4 is 23.3 Å². The monoisotopic (exact) mass is 323 g/mol. The maximum Gasteiger partial charge on any atom is 0.338 e. The van der Waals surface area contributed by atoms with Crippen molar-refractivity contribution in [3.8, 4) is 0 Å². The number of unbranched alkanes of at least 4 members (excludes halogenated alkanes) is 3. The number of nitrogens with one attached hydrogen (secondary N) is 1. The number of nitrogens with zero attached hydrogens (tertiary/aromatic N) is 1. The van der Waals surface area contributed by atoms with E-state index in [1.807, 2.05) is 0 Å². The molecule has 0 unspecified atom stereocenters. The fourth-order valence-corrected chi connectivity index (χ4v) is 1.87. The zero-order chi connectivity index (χ0) is 17.2. The molecule has 8 heteroatoms. The molecular formula is C15H21N3O5. The van der Waals surface area contributed by atoms with E-state index in [-0.39, 0.29) is 16.9 Å². The summed E-state index contributed by atoms with van der Waals surface area (Å²) in [5.41, 5.74) is 5.00. The zero-order valence-corrected chi connectivity index (χ0v) is 13.0. The Labute approximate surface area is 134 Å². The third kappa shape index (κ3) is 6.33. The molecule has 1 aromatic rings. The van der Waals surface area contributed by atoms with E-state index in [2.05, 4.69) is 12.2 Å². The van der Waals surface area contributed by atoms with E-state index in [1.54, 1.807) is 0 Å². The van der Waals surface area contributed by atoms with Crippen LogP contribution in [0.2, 0.25) is 0 Å². The number of ether oxygens (including phenoxy) is 1. The van der Waals surface area contributed by atoms with E-state index in [0.29, 0.717) is 6.54 Å². The molecule has 8 nitrogen and oxygen atoms in total. The molecule has 23 heavy (non-hydrogen) atoms. The molecule has 1 amide bonds. The van der Waals surface area contributed by atoms with E-state index in [1.165, 1.54) is 12.1 Å². The van der Waals surface area contributed by atoms with Gasteiger partial charge in [-0.05, 0) is 18.6 Å². The Kier molecular flexibility index (Phi) is 7.52. The number of carbonyl (C=O) groups is 2. The number of anilines is 1. The van der Waals surface area contributed by atoms with Crippen LogP contribution in [-0.2, 0) is 9.53 Å². The lowest BCUT2D eigenvalue weighted by Gasteiger charge is -2.07. The maximum atomic E-state index is 11.8. The van der Waals surface area contributed by atoms with Gasteiger partial charge in [-0.25, -0.2) is 4.79 Å². The highest BCUT2D eigenvalue weighted by atomic mass is 16.6. The number of esters is 1. The van der Waals surface area contributed by atoms with Gasteiger partial charge in [0.15, 0.2) is 6.61 Å². The molecule has 0 aromatic heterocycles. The van der Waals surface area contributed by atoms with Gasteiger partial charge in [-0.15, -0.1) is 0 Å². The quantitative estimate of drug-likeness (QED) is 0.235. The Morgan fingerprint density at radius 1 is 1.30 bits per heavy atom. The molecule has 0 saturated heterocycles. The molecule has 126 valence electrons. The first-order chi connectivity index (χ1) is 11.0. The Hall–Kier alpha value is -2.64. The molecule has 0 fully saturated rings. The lowest BCUT2D eigenvalue weighted by atomic mass is 10.2. The minimum atomic E-state index is -0.811. The molecule has 1 rings (SSSR count).